The summed E-state index contributed by atoms with van der Waals surface area (Å²) in [5, 5.41) is 2.97. The number of rotatable bonds is 4. The molecule has 7 heteroatoms. The zero-order chi connectivity index (χ0) is 20.9. The second-order valence-electron chi connectivity index (χ2n) is 8.73. The van der Waals surface area contributed by atoms with Crippen LogP contribution in [0.5, 0.6) is 0 Å². The molecular formula is C21H27F3N2OS. The number of halogens is 3. The minimum Gasteiger partial charge on any atom is -0.345 e. The zero-order valence-corrected chi connectivity index (χ0v) is 17.7. The largest absolute Gasteiger partial charge is 0.416 e. The molecule has 3 nitrogen and oxygen atoms in total. The van der Waals surface area contributed by atoms with Gasteiger partial charge < -0.3 is 10.2 Å². The summed E-state index contributed by atoms with van der Waals surface area (Å²) in [6.07, 6.45) is -2.10. The van der Waals surface area contributed by atoms with E-state index in [-0.39, 0.29) is 16.5 Å². The third-order valence-corrected chi connectivity index (χ3v) is 6.91. The van der Waals surface area contributed by atoms with Crippen LogP contribution < -0.4 is 5.32 Å². The Morgan fingerprint density at radius 1 is 1.21 bits per heavy atom. The monoisotopic (exact) mass is 412 g/mol. The summed E-state index contributed by atoms with van der Waals surface area (Å²) >= 11 is 1.59. The molecule has 1 N–H and O–H groups in total. The van der Waals surface area contributed by atoms with E-state index in [9.17, 15) is 18.0 Å². The molecule has 1 unspecified atom stereocenters. The molecule has 1 saturated carbocycles. The molecule has 0 radical (unpaired) electrons. The molecule has 1 amide bonds. The van der Waals surface area contributed by atoms with Crippen molar-refractivity contribution in [1.29, 1.82) is 0 Å². The van der Waals surface area contributed by atoms with Gasteiger partial charge in [0.15, 0.2) is 5.50 Å². The average molecular weight is 413 g/mol. The van der Waals surface area contributed by atoms with Gasteiger partial charge in [0.25, 0.3) is 5.91 Å². The van der Waals surface area contributed by atoms with E-state index in [1.165, 1.54) is 23.8 Å². The fraction of sp³-hybridized carbons (Fsp3) is 0.571. The van der Waals surface area contributed by atoms with Crippen molar-refractivity contribution in [3.8, 4) is 0 Å². The van der Waals surface area contributed by atoms with Crippen molar-refractivity contribution in [2.45, 2.75) is 59.1 Å². The Morgan fingerprint density at radius 3 is 2.39 bits per heavy atom. The van der Waals surface area contributed by atoms with Gasteiger partial charge in [0.1, 0.15) is 0 Å². The summed E-state index contributed by atoms with van der Waals surface area (Å²) < 4.78 is 39.2. The van der Waals surface area contributed by atoms with Crippen molar-refractivity contribution < 1.29 is 18.0 Å². The van der Waals surface area contributed by atoms with E-state index in [0.717, 1.165) is 24.4 Å². The highest BCUT2D eigenvalue weighted by Gasteiger charge is 2.39. The van der Waals surface area contributed by atoms with Gasteiger partial charge >= 0.3 is 6.18 Å². The highest BCUT2D eigenvalue weighted by Crippen LogP contribution is 2.47. The Kier molecular flexibility index (Phi) is 5.51. The van der Waals surface area contributed by atoms with Gasteiger partial charge in [-0.3, -0.25) is 4.79 Å². The number of amides is 1. The van der Waals surface area contributed by atoms with Gasteiger partial charge in [-0.1, -0.05) is 38.6 Å². The van der Waals surface area contributed by atoms with Crippen molar-refractivity contribution in [2.75, 3.05) is 6.54 Å². The molecule has 2 aliphatic rings. The molecule has 1 atom stereocenters. The molecule has 0 spiro atoms. The van der Waals surface area contributed by atoms with Crippen LogP contribution in [-0.2, 0) is 6.18 Å². The molecular weight excluding hydrogens is 385 g/mol. The number of alkyl halides is 3. The molecule has 0 saturated heterocycles. The van der Waals surface area contributed by atoms with Crippen molar-refractivity contribution in [3.05, 3.63) is 45.5 Å². The Bertz CT molecular complexity index is 807. The van der Waals surface area contributed by atoms with Crippen LogP contribution in [0.3, 0.4) is 0 Å². The molecule has 1 aliphatic carbocycles. The smallest absolute Gasteiger partial charge is 0.345 e. The number of aryl methyl sites for hydroxylation is 1. The lowest BCUT2D eigenvalue weighted by Crippen LogP contribution is -2.43. The summed E-state index contributed by atoms with van der Waals surface area (Å²) in [7, 11) is 0. The second-order valence-corrected chi connectivity index (χ2v) is 9.82. The van der Waals surface area contributed by atoms with Crippen molar-refractivity contribution in [3.63, 3.8) is 0 Å². The first-order valence-corrected chi connectivity index (χ1v) is 10.4. The van der Waals surface area contributed by atoms with Gasteiger partial charge in [0, 0.05) is 22.7 Å². The van der Waals surface area contributed by atoms with Crippen LogP contribution in [0, 0.1) is 18.3 Å². The molecule has 1 heterocycles. The SMILES string of the molecule is CC1=C(C(C)(C)C)SC(NC(=O)c2cc(C(F)(F)F)ccc2C)N1CC1CC1. The molecule has 0 bridgehead atoms. The van der Waals surface area contributed by atoms with Crippen LogP contribution in [-0.4, -0.2) is 22.8 Å². The van der Waals surface area contributed by atoms with Crippen molar-refractivity contribution in [1.82, 2.24) is 10.2 Å². The quantitative estimate of drug-likeness (QED) is 0.682. The van der Waals surface area contributed by atoms with E-state index in [1.807, 2.05) is 0 Å². The molecule has 1 fully saturated rings. The van der Waals surface area contributed by atoms with Crippen LogP contribution in [0.15, 0.2) is 28.8 Å². The van der Waals surface area contributed by atoms with E-state index < -0.39 is 17.6 Å². The summed E-state index contributed by atoms with van der Waals surface area (Å²) in [5.74, 6) is 0.161. The van der Waals surface area contributed by atoms with Crippen LogP contribution in [0.2, 0.25) is 0 Å². The fourth-order valence-corrected chi connectivity index (χ4v) is 4.84. The van der Waals surface area contributed by atoms with Gasteiger partial charge in [0.05, 0.1) is 5.56 Å². The Hall–Kier alpha value is -1.63. The fourth-order valence-electron chi connectivity index (χ4n) is 3.44. The normalized spacial score (nSPS) is 20.7. The standard InChI is InChI=1S/C21H27F3N2OS/c1-12-6-9-15(21(22,23)24)10-16(12)18(27)25-19-26(11-14-7-8-14)13(2)17(28-19)20(3,4)5/h6,9-10,14,19H,7-8,11H2,1-5H3,(H,25,27). The van der Waals surface area contributed by atoms with E-state index >= 15 is 0 Å². The highest BCUT2D eigenvalue weighted by atomic mass is 32.2. The number of hydrogen-bond donors (Lipinski definition) is 1. The summed E-state index contributed by atoms with van der Waals surface area (Å²) in [6.45, 7) is 11.0. The number of nitrogens with one attached hydrogen (secondary N) is 1. The van der Waals surface area contributed by atoms with Crippen LogP contribution in [0.25, 0.3) is 0 Å². The maximum Gasteiger partial charge on any atom is 0.416 e. The average Bonchev–Trinajstić information content (AvgIpc) is 3.32. The van der Waals surface area contributed by atoms with E-state index in [1.54, 1.807) is 18.7 Å². The maximum atomic E-state index is 13.1. The topological polar surface area (TPSA) is 32.3 Å². The minimum absolute atomic E-state index is 0.0534. The van der Waals surface area contributed by atoms with Gasteiger partial charge in [0.2, 0.25) is 0 Å². The first kappa shape index (κ1) is 21.1. The predicted molar refractivity (Wildman–Crippen MR) is 107 cm³/mol. The molecule has 1 aliphatic heterocycles. The minimum atomic E-state index is -4.47. The third kappa shape index (κ3) is 4.50. The summed E-state index contributed by atoms with van der Waals surface area (Å²) in [5.41, 5.74) is 0.600. The van der Waals surface area contributed by atoms with Gasteiger partial charge in [-0.2, -0.15) is 13.2 Å². The van der Waals surface area contributed by atoms with Crippen LogP contribution in [0.4, 0.5) is 13.2 Å². The first-order valence-electron chi connectivity index (χ1n) is 9.51. The van der Waals surface area contributed by atoms with Crippen molar-refractivity contribution >= 4 is 17.7 Å². The number of benzene rings is 1. The molecule has 1 aromatic carbocycles. The second kappa shape index (κ2) is 7.32. The predicted octanol–water partition coefficient (Wildman–Crippen LogP) is 5.76. The Labute approximate surface area is 168 Å². The van der Waals surface area contributed by atoms with E-state index in [4.69, 9.17) is 0 Å². The number of nitrogens with zero attached hydrogens (tertiary/aromatic N) is 1. The van der Waals surface area contributed by atoms with Crippen LogP contribution >= 0.6 is 11.8 Å². The number of carbonyl (C=O) groups excluding carboxylic acids is 1. The van der Waals surface area contributed by atoms with Crippen molar-refractivity contribution in [2.24, 2.45) is 11.3 Å². The molecule has 1 aromatic rings. The number of hydrogen-bond acceptors (Lipinski definition) is 3. The third-order valence-electron chi connectivity index (χ3n) is 5.17. The lowest BCUT2D eigenvalue weighted by atomic mass is 9.94. The number of allylic oxidation sites excluding steroid dienone is 2. The Morgan fingerprint density at radius 2 is 1.86 bits per heavy atom. The van der Waals surface area contributed by atoms with E-state index in [0.29, 0.717) is 11.5 Å². The molecule has 154 valence electrons. The first-order chi connectivity index (χ1) is 12.9. The molecule has 28 heavy (non-hydrogen) atoms. The summed E-state index contributed by atoms with van der Waals surface area (Å²) in [4.78, 5) is 16.3. The Balaban J connectivity index is 1.83. The molecule has 0 aromatic heterocycles. The molecule has 3 rings (SSSR count). The summed E-state index contributed by atoms with van der Waals surface area (Å²) in [6, 6.07) is 3.31. The lowest BCUT2D eigenvalue weighted by Gasteiger charge is -2.28. The highest BCUT2D eigenvalue weighted by molar-refractivity contribution is 8.03. The van der Waals surface area contributed by atoms with Gasteiger partial charge in [-0.25, -0.2) is 0 Å². The van der Waals surface area contributed by atoms with Gasteiger partial charge in [-0.05, 0) is 55.7 Å². The van der Waals surface area contributed by atoms with Crippen LogP contribution in [0.1, 0.15) is 62.0 Å². The lowest BCUT2D eigenvalue weighted by molar-refractivity contribution is -0.137. The number of thioether (sulfide) groups is 1. The van der Waals surface area contributed by atoms with E-state index in [2.05, 4.69) is 37.9 Å². The maximum absolute atomic E-state index is 13.1. The zero-order valence-electron chi connectivity index (χ0n) is 16.9. The number of carbonyl (C=O) groups is 1. The van der Waals surface area contributed by atoms with Gasteiger partial charge in [-0.15, -0.1) is 0 Å².